The van der Waals surface area contributed by atoms with Crippen LogP contribution in [0.25, 0.3) is 0 Å². The van der Waals surface area contributed by atoms with Crippen molar-refractivity contribution in [3.63, 3.8) is 0 Å². The summed E-state index contributed by atoms with van der Waals surface area (Å²) in [6, 6.07) is -0.363. The molecule has 0 saturated heterocycles. The zero-order valence-electron chi connectivity index (χ0n) is 9.69. The van der Waals surface area contributed by atoms with Crippen molar-refractivity contribution >= 4 is 11.9 Å². The van der Waals surface area contributed by atoms with E-state index in [1.54, 1.807) is 11.8 Å². The molecule has 16 heavy (non-hydrogen) atoms. The number of carbonyl (C=O) groups excluding carboxylic acids is 1. The molecule has 0 aromatic rings. The average Bonchev–Trinajstić information content (AvgIpc) is 2.25. The van der Waals surface area contributed by atoms with Crippen molar-refractivity contribution in [2.24, 2.45) is 0 Å². The van der Waals surface area contributed by atoms with Crippen molar-refractivity contribution in [1.29, 1.82) is 0 Å². The summed E-state index contributed by atoms with van der Waals surface area (Å²) < 4.78 is 0. The van der Waals surface area contributed by atoms with E-state index < -0.39 is 5.97 Å². The van der Waals surface area contributed by atoms with Crippen LogP contribution in [0.1, 0.15) is 20.3 Å². The molecule has 0 bridgehead atoms. The van der Waals surface area contributed by atoms with E-state index in [0.29, 0.717) is 13.1 Å². The lowest BCUT2D eigenvalue weighted by Crippen LogP contribution is -2.45. The zero-order valence-corrected chi connectivity index (χ0v) is 9.69. The highest BCUT2D eigenvalue weighted by Crippen LogP contribution is 2.00. The summed E-state index contributed by atoms with van der Waals surface area (Å²) in [4.78, 5) is 23.8. The minimum absolute atomic E-state index is 0.0284. The van der Waals surface area contributed by atoms with Gasteiger partial charge < -0.3 is 10.4 Å². The highest BCUT2D eigenvalue weighted by atomic mass is 16.4. The third-order valence-electron chi connectivity index (χ3n) is 2.31. The van der Waals surface area contributed by atoms with Crippen LogP contribution in [0.4, 0.5) is 0 Å². The molecular weight excluding hydrogens is 208 g/mol. The Morgan fingerprint density at radius 3 is 2.62 bits per heavy atom. The number of rotatable bonds is 7. The van der Waals surface area contributed by atoms with Crippen molar-refractivity contribution in [3.05, 3.63) is 0 Å². The molecule has 1 unspecified atom stereocenters. The molecule has 5 heteroatoms. The summed E-state index contributed by atoms with van der Waals surface area (Å²) in [6.45, 7) is 4.79. The van der Waals surface area contributed by atoms with Crippen LogP contribution in [-0.4, -0.2) is 47.6 Å². The number of terminal acetylenes is 1. The summed E-state index contributed by atoms with van der Waals surface area (Å²) in [5, 5.41) is 11.1. The number of aliphatic carboxylic acids is 1. The number of nitrogens with zero attached hydrogens (tertiary/aromatic N) is 1. The van der Waals surface area contributed by atoms with Gasteiger partial charge in [0.05, 0.1) is 19.0 Å². The van der Waals surface area contributed by atoms with Crippen LogP contribution in [0, 0.1) is 12.3 Å². The van der Waals surface area contributed by atoms with Crippen molar-refractivity contribution in [2.45, 2.75) is 26.3 Å². The van der Waals surface area contributed by atoms with Crippen molar-refractivity contribution in [2.75, 3.05) is 19.6 Å². The third-order valence-corrected chi connectivity index (χ3v) is 2.31. The minimum Gasteiger partial charge on any atom is -0.481 e. The number of carboxylic acids is 1. The quantitative estimate of drug-likeness (QED) is 0.596. The monoisotopic (exact) mass is 226 g/mol. The predicted octanol–water partition coefficient (Wildman–Crippen LogP) is -0.0791. The van der Waals surface area contributed by atoms with E-state index >= 15 is 0 Å². The maximum atomic E-state index is 11.6. The first-order chi connectivity index (χ1) is 7.52. The Morgan fingerprint density at radius 1 is 1.56 bits per heavy atom. The van der Waals surface area contributed by atoms with Gasteiger partial charge in [-0.05, 0) is 13.5 Å². The van der Waals surface area contributed by atoms with Gasteiger partial charge in [0, 0.05) is 6.54 Å². The van der Waals surface area contributed by atoms with Crippen LogP contribution in [0.3, 0.4) is 0 Å². The number of amides is 1. The fourth-order valence-electron chi connectivity index (χ4n) is 1.32. The van der Waals surface area contributed by atoms with E-state index in [0.717, 1.165) is 0 Å². The number of hydrogen-bond acceptors (Lipinski definition) is 3. The topological polar surface area (TPSA) is 69.6 Å². The van der Waals surface area contributed by atoms with Crippen molar-refractivity contribution < 1.29 is 14.7 Å². The van der Waals surface area contributed by atoms with E-state index in [1.807, 2.05) is 6.92 Å². The molecule has 0 aliphatic carbocycles. The molecule has 0 aromatic carbocycles. The molecule has 0 aromatic heterocycles. The maximum absolute atomic E-state index is 11.6. The van der Waals surface area contributed by atoms with E-state index in [-0.39, 0.29) is 24.9 Å². The van der Waals surface area contributed by atoms with Gasteiger partial charge in [-0.2, -0.15) is 0 Å². The zero-order chi connectivity index (χ0) is 12.6. The smallest absolute Gasteiger partial charge is 0.304 e. The van der Waals surface area contributed by atoms with Crippen LogP contribution in [0.5, 0.6) is 0 Å². The third kappa shape index (κ3) is 5.37. The molecule has 0 heterocycles. The van der Waals surface area contributed by atoms with Gasteiger partial charge in [-0.25, -0.2) is 0 Å². The van der Waals surface area contributed by atoms with E-state index in [2.05, 4.69) is 11.2 Å². The maximum Gasteiger partial charge on any atom is 0.304 e. The Bertz CT molecular complexity index is 283. The summed E-state index contributed by atoms with van der Waals surface area (Å²) in [5.41, 5.74) is 0. The minimum atomic E-state index is -0.866. The van der Waals surface area contributed by atoms with Crippen LogP contribution >= 0.6 is 0 Å². The molecule has 90 valence electrons. The summed E-state index contributed by atoms with van der Waals surface area (Å²) in [5.74, 6) is 1.27. The number of likely N-dealkylation sites (N-methyl/N-ethyl adjacent to an activating group) is 1. The fourth-order valence-corrected chi connectivity index (χ4v) is 1.32. The van der Waals surface area contributed by atoms with E-state index in [4.69, 9.17) is 11.5 Å². The molecule has 0 spiro atoms. The van der Waals surface area contributed by atoms with Crippen LogP contribution in [0.15, 0.2) is 0 Å². The predicted molar refractivity (Wildman–Crippen MR) is 60.8 cm³/mol. The molecule has 0 rings (SSSR count). The van der Waals surface area contributed by atoms with Gasteiger partial charge in [-0.1, -0.05) is 12.8 Å². The second-order valence-electron chi connectivity index (χ2n) is 3.37. The summed E-state index contributed by atoms with van der Waals surface area (Å²) >= 11 is 0. The first-order valence-electron chi connectivity index (χ1n) is 5.19. The Hall–Kier alpha value is -1.54. The molecular formula is C11H18N2O3. The molecule has 0 aliphatic rings. The summed E-state index contributed by atoms with van der Waals surface area (Å²) in [7, 11) is 0. The van der Waals surface area contributed by atoms with Gasteiger partial charge in [0.2, 0.25) is 5.91 Å². The fraction of sp³-hybridized carbons (Fsp3) is 0.636. The summed E-state index contributed by atoms with van der Waals surface area (Å²) in [6.07, 6.45) is 5.06. The van der Waals surface area contributed by atoms with Crippen LogP contribution in [0.2, 0.25) is 0 Å². The van der Waals surface area contributed by atoms with Crippen LogP contribution < -0.4 is 5.32 Å². The second-order valence-corrected chi connectivity index (χ2v) is 3.37. The van der Waals surface area contributed by atoms with Gasteiger partial charge in [0.15, 0.2) is 0 Å². The van der Waals surface area contributed by atoms with E-state index in [1.165, 1.54) is 0 Å². The number of hydrogen-bond donors (Lipinski definition) is 2. The average molecular weight is 226 g/mol. The van der Waals surface area contributed by atoms with Crippen LogP contribution in [-0.2, 0) is 9.59 Å². The molecule has 0 radical (unpaired) electrons. The van der Waals surface area contributed by atoms with Gasteiger partial charge in [-0.15, -0.1) is 6.42 Å². The lowest BCUT2D eigenvalue weighted by molar-refractivity contribution is -0.138. The molecule has 5 nitrogen and oxygen atoms in total. The first kappa shape index (κ1) is 14.5. The highest BCUT2D eigenvalue weighted by Gasteiger charge is 2.19. The SMILES string of the molecule is C#CCNC(=O)C(C)N(CC)CCC(=O)O. The first-order valence-corrected chi connectivity index (χ1v) is 5.19. The number of nitrogens with one attached hydrogen (secondary N) is 1. The highest BCUT2D eigenvalue weighted by molar-refractivity contribution is 5.81. The lowest BCUT2D eigenvalue weighted by atomic mass is 10.2. The van der Waals surface area contributed by atoms with Gasteiger partial charge >= 0.3 is 5.97 Å². The van der Waals surface area contributed by atoms with E-state index in [9.17, 15) is 9.59 Å². The molecule has 0 fully saturated rings. The Kier molecular flexibility index (Phi) is 6.97. The molecule has 2 N–H and O–H groups in total. The molecule has 1 amide bonds. The normalized spacial score (nSPS) is 11.9. The Labute approximate surface area is 95.8 Å². The van der Waals surface area contributed by atoms with Gasteiger partial charge in [0.25, 0.3) is 0 Å². The molecule has 0 saturated carbocycles. The number of carbonyl (C=O) groups is 2. The molecule has 0 aliphatic heterocycles. The van der Waals surface area contributed by atoms with Gasteiger partial charge in [0.1, 0.15) is 0 Å². The number of carboxylic acid groups (broad SMARTS) is 1. The Balaban J connectivity index is 4.18. The van der Waals surface area contributed by atoms with Crippen molar-refractivity contribution in [3.8, 4) is 12.3 Å². The second kappa shape index (κ2) is 7.71. The van der Waals surface area contributed by atoms with Gasteiger partial charge in [-0.3, -0.25) is 14.5 Å². The lowest BCUT2D eigenvalue weighted by Gasteiger charge is -2.25. The standard InChI is InChI=1S/C11H18N2O3/c1-4-7-12-11(16)9(3)13(5-2)8-6-10(14)15/h1,9H,5-8H2,2-3H3,(H,12,16)(H,14,15). The van der Waals surface area contributed by atoms with Crippen molar-refractivity contribution in [1.82, 2.24) is 10.2 Å². The Morgan fingerprint density at radius 2 is 2.19 bits per heavy atom. The molecule has 1 atom stereocenters. The largest absolute Gasteiger partial charge is 0.481 e.